The third-order valence-electron chi connectivity index (χ3n) is 6.48. The van der Waals surface area contributed by atoms with Crippen LogP contribution in [0.5, 0.6) is 0 Å². The molecule has 0 fully saturated rings. The van der Waals surface area contributed by atoms with Crippen LogP contribution < -0.4 is 10.6 Å². The maximum Gasteiger partial charge on any atom is 0.408 e. The molecule has 2 aromatic carbocycles. The second-order valence-corrected chi connectivity index (χ2v) is 12.1. The minimum atomic E-state index is -0.902. The van der Waals surface area contributed by atoms with Crippen LogP contribution in [0.15, 0.2) is 42.5 Å². The molecule has 7 nitrogen and oxygen atoms in total. The Hall–Kier alpha value is -3.35. The zero-order chi connectivity index (χ0) is 29.5. The van der Waals surface area contributed by atoms with E-state index in [0.29, 0.717) is 18.0 Å². The second-order valence-electron chi connectivity index (χ2n) is 12.1. The van der Waals surface area contributed by atoms with Crippen LogP contribution in [-0.2, 0) is 14.3 Å². The molecule has 0 radical (unpaired) electrons. The largest absolute Gasteiger partial charge is 0.444 e. The van der Waals surface area contributed by atoms with Gasteiger partial charge in [0.15, 0.2) is 0 Å². The number of anilines is 1. The van der Waals surface area contributed by atoms with Crippen LogP contribution in [0.25, 0.3) is 0 Å². The van der Waals surface area contributed by atoms with Gasteiger partial charge in [0.1, 0.15) is 17.7 Å². The summed E-state index contributed by atoms with van der Waals surface area (Å²) in [4.78, 5) is 42.4. The fourth-order valence-electron chi connectivity index (χ4n) is 4.60. The van der Waals surface area contributed by atoms with E-state index in [1.54, 1.807) is 32.6 Å². The monoisotopic (exact) mass is 537 g/mol. The number of para-hydroxylation sites is 1. The Morgan fingerprint density at radius 3 is 2.03 bits per heavy atom. The van der Waals surface area contributed by atoms with Crippen molar-refractivity contribution >= 4 is 23.6 Å². The number of alkyl carbamates (subject to hydrolysis) is 1. The number of ether oxygens (including phenoxy) is 1. The molecular weight excluding hydrogens is 490 g/mol. The summed E-state index contributed by atoms with van der Waals surface area (Å²) in [6, 6.07) is 11.5. The molecule has 2 rings (SSSR count). The Labute approximate surface area is 234 Å². The van der Waals surface area contributed by atoms with Gasteiger partial charge in [0.2, 0.25) is 5.91 Å². The van der Waals surface area contributed by atoms with Crippen molar-refractivity contribution < 1.29 is 19.1 Å². The van der Waals surface area contributed by atoms with Crippen LogP contribution in [0, 0.1) is 26.7 Å². The summed E-state index contributed by atoms with van der Waals surface area (Å²) in [7, 11) is 0. The van der Waals surface area contributed by atoms with Gasteiger partial charge >= 0.3 is 6.09 Å². The first-order valence-corrected chi connectivity index (χ1v) is 13.9. The quantitative estimate of drug-likeness (QED) is 0.347. The van der Waals surface area contributed by atoms with Gasteiger partial charge in [0, 0.05) is 11.7 Å². The molecule has 0 bridgehead atoms. The Balaban J connectivity index is 2.58. The minimum Gasteiger partial charge on any atom is -0.444 e. The van der Waals surface area contributed by atoms with E-state index in [9.17, 15) is 14.4 Å². The average Bonchev–Trinajstić information content (AvgIpc) is 2.79. The average molecular weight is 538 g/mol. The molecule has 0 spiro atoms. The van der Waals surface area contributed by atoms with E-state index in [1.807, 2.05) is 70.2 Å². The van der Waals surface area contributed by atoms with Gasteiger partial charge in [0.05, 0.1) is 0 Å². The summed E-state index contributed by atoms with van der Waals surface area (Å²) in [6.07, 6.45) is 0.921. The molecule has 0 saturated carbocycles. The normalized spacial score (nSPS) is 13.8. The number of nitrogens with one attached hydrogen (secondary N) is 2. The molecule has 214 valence electrons. The third kappa shape index (κ3) is 9.72. The van der Waals surface area contributed by atoms with Gasteiger partial charge in [-0.05, 0) is 91.3 Å². The summed E-state index contributed by atoms with van der Waals surface area (Å²) >= 11 is 0. The predicted octanol–water partition coefficient (Wildman–Crippen LogP) is 6.86. The topological polar surface area (TPSA) is 87.7 Å². The first-order chi connectivity index (χ1) is 18.1. The maximum absolute atomic E-state index is 14.1. The number of carbonyl (C=O) groups excluding carboxylic acids is 3. The first-order valence-electron chi connectivity index (χ1n) is 13.9. The highest BCUT2D eigenvalue weighted by atomic mass is 16.6. The lowest BCUT2D eigenvalue weighted by atomic mass is 9.95. The number of hydrogen-bond acceptors (Lipinski definition) is 4. The molecule has 0 aliphatic carbocycles. The molecule has 7 heteroatoms. The molecule has 2 aromatic rings. The van der Waals surface area contributed by atoms with Crippen molar-refractivity contribution in [3.63, 3.8) is 0 Å². The number of aryl methyl sites for hydroxylation is 3. The smallest absolute Gasteiger partial charge is 0.408 e. The number of nitrogens with zero attached hydrogens (tertiary/aromatic N) is 1. The molecule has 39 heavy (non-hydrogen) atoms. The lowest BCUT2D eigenvalue weighted by molar-refractivity contribution is -0.143. The molecule has 2 N–H and O–H groups in total. The number of amides is 3. The van der Waals surface area contributed by atoms with E-state index in [-0.39, 0.29) is 17.9 Å². The molecule has 0 aliphatic rings. The lowest BCUT2D eigenvalue weighted by Gasteiger charge is -2.38. The van der Waals surface area contributed by atoms with Gasteiger partial charge in [-0.2, -0.15) is 0 Å². The van der Waals surface area contributed by atoms with Crippen LogP contribution in [0.3, 0.4) is 0 Å². The molecule has 3 atom stereocenters. The van der Waals surface area contributed by atoms with Crippen molar-refractivity contribution in [2.45, 2.75) is 106 Å². The summed E-state index contributed by atoms with van der Waals surface area (Å²) in [5.41, 5.74) is 3.65. The van der Waals surface area contributed by atoms with Gasteiger partial charge in [-0.15, -0.1) is 0 Å². The van der Waals surface area contributed by atoms with Gasteiger partial charge in [-0.3, -0.25) is 9.59 Å². The summed E-state index contributed by atoms with van der Waals surface area (Å²) in [6.45, 7) is 19.1. The number of benzene rings is 2. The zero-order valence-electron chi connectivity index (χ0n) is 25.3. The van der Waals surface area contributed by atoms with Gasteiger partial charge in [-0.25, -0.2) is 4.79 Å². The standard InChI is InChI=1S/C32H47N3O4/c1-20(2)15-16-24(6)35(30(37)25(7)33-31(38)39-32(8,9)10)28(26-18-21(3)17-22(4)19-26)29(36)34-27-14-12-11-13-23(27)5/h11-14,17-20,24-25,28H,15-16H2,1-10H3,(H,33,38)(H,34,36). The number of carbonyl (C=O) groups is 3. The first kappa shape index (κ1) is 31.9. The minimum absolute atomic E-state index is 0.267. The van der Waals surface area contributed by atoms with Crippen LogP contribution in [0.1, 0.15) is 89.6 Å². The van der Waals surface area contributed by atoms with E-state index < -0.39 is 23.8 Å². The molecule has 0 aromatic heterocycles. The van der Waals surface area contributed by atoms with E-state index in [4.69, 9.17) is 4.74 Å². The van der Waals surface area contributed by atoms with Crippen LogP contribution in [0.4, 0.5) is 10.5 Å². The summed E-state index contributed by atoms with van der Waals surface area (Å²) in [5, 5.41) is 5.75. The highest BCUT2D eigenvalue weighted by Gasteiger charge is 2.38. The van der Waals surface area contributed by atoms with E-state index >= 15 is 0 Å². The Morgan fingerprint density at radius 2 is 1.49 bits per heavy atom. The number of hydrogen-bond donors (Lipinski definition) is 2. The van der Waals surface area contributed by atoms with Crippen LogP contribution in [-0.4, -0.2) is 40.5 Å². The van der Waals surface area contributed by atoms with Gasteiger partial charge in [0.25, 0.3) is 5.91 Å². The van der Waals surface area contributed by atoms with E-state index in [0.717, 1.165) is 28.7 Å². The highest BCUT2D eigenvalue weighted by molar-refractivity contribution is 5.99. The third-order valence-corrected chi connectivity index (χ3v) is 6.48. The molecule has 0 saturated heterocycles. The Morgan fingerprint density at radius 1 is 0.897 bits per heavy atom. The molecule has 0 aliphatic heterocycles. The highest BCUT2D eigenvalue weighted by Crippen LogP contribution is 2.30. The Kier molecular flexibility index (Phi) is 11.1. The fraction of sp³-hybridized carbons (Fsp3) is 0.531. The number of rotatable bonds is 10. The van der Waals surface area contributed by atoms with Crippen molar-refractivity contribution in [2.75, 3.05) is 5.32 Å². The van der Waals surface area contributed by atoms with Crippen molar-refractivity contribution in [3.8, 4) is 0 Å². The summed E-state index contributed by atoms with van der Waals surface area (Å²) in [5.74, 6) is -0.216. The molecule has 0 heterocycles. The fourth-order valence-corrected chi connectivity index (χ4v) is 4.60. The molecule has 3 amide bonds. The predicted molar refractivity (Wildman–Crippen MR) is 158 cm³/mol. The molecular formula is C32H47N3O4. The Bertz CT molecular complexity index is 1130. The molecule has 3 unspecified atom stereocenters. The van der Waals surface area contributed by atoms with Crippen molar-refractivity contribution in [1.82, 2.24) is 10.2 Å². The van der Waals surface area contributed by atoms with Crippen molar-refractivity contribution in [3.05, 3.63) is 64.7 Å². The summed E-state index contributed by atoms with van der Waals surface area (Å²) < 4.78 is 5.39. The van der Waals surface area contributed by atoms with E-state index in [1.165, 1.54) is 0 Å². The second kappa shape index (κ2) is 13.6. The van der Waals surface area contributed by atoms with Crippen molar-refractivity contribution in [2.24, 2.45) is 5.92 Å². The maximum atomic E-state index is 14.1. The van der Waals surface area contributed by atoms with Crippen LogP contribution in [0.2, 0.25) is 0 Å². The SMILES string of the molecule is Cc1cc(C)cc(C(C(=O)Nc2ccccc2C)N(C(=O)C(C)NC(=O)OC(C)(C)C)C(C)CCC(C)C)c1. The van der Waals surface area contributed by atoms with Crippen molar-refractivity contribution in [1.29, 1.82) is 0 Å². The van der Waals surface area contributed by atoms with E-state index in [2.05, 4.69) is 24.5 Å². The van der Waals surface area contributed by atoms with Gasteiger partial charge in [-0.1, -0.05) is 61.4 Å². The lowest BCUT2D eigenvalue weighted by Crippen LogP contribution is -2.54. The zero-order valence-corrected chi connectivity index (χ0v) is 25.3. The van der Waals surface area contributed by atoms with Crippen LogP contribution >= 0.6 is 0 Å². The van der Waals surface area contributed by atoms with Gasteiger partial charge < -0.3 is 20.3 Å².